The molecule has 2 aromatic rings. The van der Waals surface area contributed by atoms with Crippen molar-refractivity contribution in [3.8, 4) is 11.1 Å². The first-order valence-corrected chi connectivity index (χ1v) is 7.17. The highest BCUT2D eigenvalue weighted by molar-refractivity contribution is 5.64. The van der Waals surface area contributed by atoms with Crippen LogP contribution in [0.2, 0.25) is 0 Å². The second kappa shape index (κ2) is 3.73. The maximum atomic E-state index is 12.6. The van der Waals surface area contributed by atoms with Crippen LogP contribution in [0.25, 0.3) is 11.1 Å². The highest BCUT2D eigenvalue weighted by atomic mass is 127. The number of halogens is 4. The Balaban J connectivity index is 2.13. The van der Waals surface area contributed by atoms with Gasteiger partial charge in [-0.2, -0.15) is 13.2 Å². The highest BCUT2D eigenvalue weighted by Gasteiger charge is 2.37. The summed E-state index contributed by atoms with van der Waals surface area (Å²) in [6, 6.07) is 11.9. The third-order valence-electron chi connectivity index (χ3n) is 2.66. The van der Waals surface area contributed by atoms with E-state index in [-0.39, 0.29) is 0 Å². The van der Waals surface area contributed by atoms with Crippen LogP contribution in [0.1, 0.15) is 5.56 Å². The summed E-state index contributed by atoms with van der Waals surface area (Å²) in [4.78, 5) is 0. The molecule has 0 aromatic heterocycles. The van der Waals surface area contributed by atoms with Crippen molar-refractivity contribution in [2.45, 2.75) is 6.18 Å². The van der Waals surface area contributed by atoms with E-state index in [1.807, 2.05) is 24.3 Å². The number of alkyl halides is 3. The Morgan fingerprint density at radius 3 is 2.29 bits per heavy atom. The SMILES string of the molecule is FC(F)(F)c1ccc2c(c1)[I+]c1ccccc1-2. The van der Waals surface area contributed by atoms with Crippen LogP contribution in [-0.2, 0) is 6.18 Å². The molecule has 0 fully saturated rings. The van der Waals surface area contributed by atoms with Gasteiger partial charge in [0.2, 0.25) is 7.14 Å². The van der Waals surface area contributed by atoms with Crippen molar-refractivity contribution in [2.75, 3.05) is 0 Å². The van der Waals surface area contributed by atoms with Gasteiger partial charge in [-0.15, -0.1) is 0 Å². The molecule has 1 aliphatic heterocycles. The van der Waals surface area contributed by atoms with E-state index in [0.717, 1.165) is 14.7 Å². The van der Waals surface area contributed by atoms with Gasteiger partial charge in [0, 0.05) is 17.2 Å². The average Bonchev–Trinajstić information content (AvgIpc) is 2.65. The highest BCUT2D eigenvalue weighted by Crippen LogP contribution is 2.31. The molecule has 0 aliphatic carbocycles. The Kier molecular flexibility index (Phi) is 2.43. The van der Waals surface area contributed by atoms with Crippen LogP contribution in [0.5, 0.6) is 0 Å². The maximum absolute atomic E-state index is 12.6. The van der Waals surface area contributed by atoms with E-state index >= 15 is 0 Å². The Labute approximate surface area is 107 Å². The molecule has 0 radical (unpaired) electrons. The van der Waals surface area contributed by atoms with Gasteiger partial charge in [-0.25, -0.2) is 0 Å². The zero-order valence-corrected chi connectivity index (χ0v) is 10.7. The quantitative estimate of drug-likeness (QED) is 0.528. The lowest BCUT2D eigenvalue weighted by molar-refractivity contribution is -0.590. The number of hydrogen-bond donors (Lipinski definition) is 0. The van der Waals surface area contributed by atoms with Crippen molar-refractivity contribution in [1.29, 1.82) is 0 Å². The van der Waals surface area contributed by atoms with Gasteiger partial charge < -0.3 is 0 Å². The predicted molar refractivity (Wildman–Crippen MR) is 54.3 cm³/mol. The fourth-order valence-corrected chi connectivity index (χ4v) is 4.89. The summed E-state index contributed by atoms with van der Waals surface area (Å²) in [7, 11) is 0. The molecule has 1 heterocycles. The summed E-state index contributed by atoms with van der Waals surface area (Å²) >= 11 is -0.462. The first-order valence-electron chi connectivity index (χ1n) is 5.01. The van der Waals surface area contributed by atoms with Gasteiger partial charge in [0.25, 0.3) is 0 Å². The lowest BCUT2D eigenvalue weighted by atomic mass is 10.0. The maximum Gasteiger partial charge on any atom is 0.416 e. The number of fused-ring (bicyclic) bond motifs is 3. The van der Waals surface area contributed by atoms with Gasteiger partial charge in [0.15, 0.2) is 0 Å². The van der Waals surface area contributed by atoms with Gasteiger partial charge in [0.1, 0.15) is 0 Å². The molecule has 0 amide bonds. The molecular weight excluding hydrogens is 340 g/mol. The molecule has 0 nitrogen and oxygen atoms in total. The van der Waals surface area contributed by atoms with E-state index in [9.17, 15) is 13.2 Å². The van der Waals surface area contributed by atoms with E-state index in [1.54, 1.807) is 6.07 Å². The van der Waals surface area contributed by atoms with Crippen molar-refractivity contribution in [2.24, 2.45) is 0 Å². The second-order valence-electron chi connectivity index (χ2n) is 3.77. The number of hydrogen-bond acceptors (Lipinski definition) is 0. The van der Waals surface area contributed by atoms with Gasteiger partial charge in [0.05, 0.1) is 5.56 Å². The van der Waals surface area contributed by atoms with E-state index in [0.29, 0.717) is 0 Å². The molecule has 0 N–H and O–H groups in total. The first-order chi connectivity index (χ1) is 8.05. The molecule has 3 rings (SSSR count). The van der Waals surface area contributed by atoms with Gasteiger partial charge >= 0.3 is 27.4 Å². The van der Waals surface area contributed by atoms with Crippen LogP contribution in [0.15, 0.2) is 42.5 Å². The van der Waals surface area contributed by atoms with Crippen molar-refractivity contribution >= 4 is 0 Å². The molecule has 2 aromatic carbocycles. The molecule has 0 saturated heterocycles. The normalized spacial score (nSPS) is 13.4. The molecule has 17 heavy (non-hydrogen) atoms. The molecular formula is C13H7F3I+. The number of rotatable bonds is 0. The molecule has 0 saturated carbocycles. The summed E-state index contributed by atoms with van der Waals surface area (Å²) < 4.78 is 39.9. The summed E-state index contributed by atoms with van der Waals surface area (Å²) in [5.74, 6) is 0. The fraction of sp³-hybridized carbons (Fsp3) is 0.0769. The summed E-state index contributed by atoms with van der Waals surface area (Å²) in [6.07, 6.45) is -4.24. The van der Waals surface area contributed by atoms with E-state index in [4.69, 9.17) is 0 Å². The average molecular weight is 347 g/mol. The van der Waals surface area contributed by atoms with Gasteiger partial charge in [-0.3, -0.25) is 0 Å². The van der Waals surface area contributed by atoms with Crippen LogP contribution in [-0.4, -0.2) is 0 Å². The molecule has 4 heteroatoms. The smallest absolute Gasteiger partial charge is 0.166 e. The Bertz CT molecular complexity index is 587. The van der Waals surface area contributed by atoms with Crippen LogP contribution >= 0.6 is 0 Å². The zero-order chi connectivity index (χ0) is 12.0. The summed E-state index contributed by atoms with van der Waals surface area (Å²) in [6.45, 7) is 0. The zero-order valence-electron chi connectivity index (χ0n) is 8.55. The van der Waals surface area contributed by atoms with Crippen molar-refractivity contribution < 1.29 is 34.4 Å². The third kappa shape index (κ3) is 1.84. The first kappa shape index (κ1) is 11.1. The summed E-state index contributed by atoms with van der Waals surface area (Å²) in [5, 5.41) is 0. The minimum absolute atomic E-state index is 0.462. The molecule has 1 aliphatic rings. The topological polar surface area (TPSA) is 0 Å². The summed E-state index contributed by atoms with van der Waals surface area (Å²) in [5.41, 5.74) is 1.54. The molecule has 86 valence electrons. The predicted octanol–water partition coefficient (Wildman–Crippen LogP) is 0.814. The minimum atomic E-state index is -4.24. The van der Waals surface area contributed by atoms with Gasteiger partial charge in [-0.1, -0.05) is 12.1 Å². The standard InChI is InChI=1S/C13H7F3I/c14-13(15,16)8-5-6-10-9-3-1-2-4-11(9)17-12(10)7-8/h1-7H/q+1. The lowest BCUT2D eigenvalue weighted by Crippen LogP contribution is -3.61. The van der Waals surface area contributed by atoms with Crippen molar-refractivity contribution in [3.05, 3.63) is 55.2 Å². The van der Waals surface area contributed by atoms with Crippen LogP contribution < -0.4 is 21.2 Å². The van der Waals surface area contributed by atoms with Crippen molar-refractivity contribution in [1.82, 2.24) is 0 Å². The molecule has 0 unspecified atom stereocenters. The van der Waals surface area contributed by atoms with Gasteiger partial charge in [-0.05, 0) is 24.3 Å². The molecule has 0 bridgehead atoms. The van der Waals surface area contributed by atoms with Crippen molar-refractivity contribution in [3.63, 3.8) is 0 Å². The number of benzene rings is 2. The third-order valence-corrected chi connectivity index (χ3v) is 5.66. The lowest BCUT2D eigenvalue weighted by Gasteiger charge is -2.05. The Morgan fingerprint density at radius 2 is 1.53 bits per heavy atom. The molecule has 0 atom stereocenters. The monoisotopic (exact) mass is 347 g/mol. The second-order valence-corrected chi connectivity index (χ2v) is 6.63. The van der Waals surface area contributed by atoms with E-state index in [2.05, 4.69) is 0 Å². The largest absolute Gasteiger partial charge is 0.416 e. The minimum Gasteiger partial charge on any atom is -0.166 e. The van der Waals surface area contributed by atoms with E-state index < -0.39 is 32.9 Å². The Morgan fingerprint density at radius 1 is 0.824 bits per heavy atom. The van der Waals surface area contributed by atoms with Crippen LogP contribution in [0.4, 0.5) is 13.2 Å². The molecule has 0 spiro atoms. The van der Waals surface area contributed by atoms with E-state index in [1.165, 1.54) is 15.7 Å². The Hall–Kier alpha value is -1.04. The van der Waals surface area contributed by atoms with Crippen LogP contribution in [0, 0.1) is 7.14 Å². The van der Waals surface area contributed by atoms with Crippen LogP contribution in [0.3, 0.4) is 0 Å². The fourth-order valence-electron chi connectivity index (χ4n) is 1.86.